The lowest BCUT2D eigenvalue weighted by Gasteiger charge is -2.19. The number of carbonyl (C=O) groups excluding carboxylic acids is 1. The highest BCUT2D eigenvalue weighted by molar-refractivity contribution is 5.98. The second-order valence-corrected chi connectivity index (χ2v) is 8.67. The Balaban J connectivity index is 1.40. The second-order valence-electron chi connectivity index (χ2n) is 8.67. The van der Waals surface area contributed by atoms with Gasteiger partial charge in [-0.15, -0.1) is 0 Å². The van der Waals surface area contributed by atoms with E-state index in [0.717, 1.165) is 45.7 Å². The van der Waals surface area contributed by atoms with Gasteiger partial charge in [-0.1, -0.05) is 24.3 Å². The Labute approximate surface area is 181 Å². The third-order valence-corrected chi connectivity index (χ3v) is 6.06. The van der Waals surface area contributed by atoms with Crippen molar-refractivity contribution in [2.45, 2.75) is 45.7 Å². The van der Waals surface area contributed by atoms with Crippen LogP contribution in [0.4, 0.5) is 0 Å². The average Bonchev–Trinajstić information content (AvgIpc) is 3.27. The topological polar surface area (TPSA) is 75.6 Å². The van der Waals surface area contributed by atoms with E-state index in [4.69, 9.17) is 0 Å². The molecule has 1 aliphatic carbocycles. The van der Waals surface area contributed by atoms with Gasteiger partial charge in [-0.25, -0.2) is 0 Å². The van der Waals surface area contributed by atoms with Crippen molar-refractivity contribution in [1.82, 2.24) is 25.1 Å². The van der Waals surface area contributed by atoms with Crippen molar-refractivity contribution in [3.8, 4) is 0 Å². The summed E-state index contributed by atoms with van der Waals surface area (Å²) in [7, 11) is 0. The van der Waals surface area contributed by atoms with Crippen LogP contribution in [0.3, 0.4) is 0 Å². The van der Waals surface area contributed by atoms with Crippen LogP contribution in [0.15, 0.2) is 55.0 Å². The van der Waals surface area contributed by atoms with Crippen LogP contribution in [-0.2, 0) is 13.0 Å². The van der Waals surface area contributed by atoms with Gasteiger partial charge in [0, 0.05) is 36.3 Å². The fourth-order valence-corrected chi connectivity index (χ4v) is 4.16. The molecule has 0 bridgehead atoms. The van der Waals surface area contributed by atoms with Crippen LogP contribution in [0.2, 0.25) is 0 Å². The summed E-state index contributed by atoms with van der Waals surface area (Å²) in [5.41, 5.74) is 5.73. The van der Waals surface area contributed by atoms with Gasteiger partial charge in [0.05, 0.1) is 17.9 Å². The molecule has 3 aromatic heterocycles. The number of fused-ring (bicyclic) bond motifs is 1. The number of nitrogens with zero attached hydrogens (tertiary/aromatic N) is 3. The van der Waals surface area contributed by atoms with Crippen LogP contribution < -0.4 is 5.32 Å². The molecule has 0 radical (unpaired) electrons. The number of hydrogen-bond donors (Lipinski definition) is 2. The standard InChI is InChI=1S/C25H27N5O/c1-16-5-3-7-20-12-22(28-23(16)20)25(31)29-21(24-17(2)6-4-10-26-24)11-19-13-27-30(15-19)14-18-8-9-18/h3-7,10,12-13,15,18,21,28H,8-9,11,14H2,1-2H3,(H,29,31). The maximum Gasteiger partial charge on any atom is 0.268 e. The van der Waals surface area contributed by atoms with E-state index in [1.165, 1.54) is 12.8 Å². The Morgan fingerprint density at radius 2 is 2.06 bits per heavy atom. The zero-order valence-electron chi connectivity index (χ0n) is 17.9. The predicted molar refractivity (Wildman–Crippen MR) is 121 cm³/mol. The van der Waals surface area contributed by atoms with Crippen molar-refractivity contribution in [2.75, 3.05) is 0 Å². The number of amides is 1. The van der Waals surface area contributed by atoms with Crippen molar-refractivity contribution < 1.29 is 4.79 Å². The number of benzene rings is 1. The molecule has 0 spiro atoms. The van der Waals surface area contributed by atoms with E-state index < -0.39 is 0 Å². The highest BCUT2D eigenvalue weighted by atomic mass is 16.1. The Morgan fingerprint density at radius 1 is 1.23 bits per heavy atom. The minimum Gasteiger partial charge on any atom is -0.350 e. The summed E-state index contributed by atoms with van der Waals surface area (Å²) in [5, 5.41) is 8.77. The number of nitrogens with one attached hydrogen (secondary N) is 2. The quantitative estimate of drug-likeness (QED) is 0.468. The van der Waals surface area contributed by atoms with Crippen molar-refractivity contribution in [3.05, 3.63) is 83.1 Å². The van der Waals surface area contributed by atoms with Crippen LogP contribution >= 0.6 is 0 Å². The number of H-pyrrole nitrogens is 1. The first-order valence-corrected chi connectivity index (χ1v) is 10.9. The Bertz CT molecular complexity index is 1230. The number of para-hydroxylation sites is 1. The first-order valence-electron chi connectivity index (χ1n) is 10.9. The van der Waals surface area contributed by atoms with E-state index >= 15 is 0 Å². The molecule has 1 saturated carbocycles. The van der Waals surface area contributed by atoms with Crippen molar-refractivity contribution in [1.29, 1.82) is 0 Å². The van der Waals surface area contributed by atoms with E-state index in [1.807, 2.05) is 61.1 Å². The largest absolute Gasteiger partial charge is 0.350 e. The normalized spacial score (nSPS) is 14.6. The van der Waals surface area contributed by atoms with Crippen molar-refractivity contribution in [3.63, 3.8) is 0 Å². The SMILES string of the molecule is Cc1cccnc1C(Cc1cnn(CC2CC2)c1)NC(=O)c1cc2cccc(C)c2[nH]1. The van der Waals surface area contributed by atoms with Gasteiger partial charge in [0.15, 0.2) is 0 Å². The zero-order chi connectivity index (χ0) is 21.4. The summed E-state index contributed by atoms with van der Waals surface area (Å²) >= 11 is 0. The summed E-state index contributed by atoms with van der Waals surface area (Å²) < 4.78 is 2.03. The molecule has 1 fully saturated rings. The number of rotatable bonds is 7. The number of carbonyl (C=O) groups is 1. The van der Waals surface area contributed by atoms with Crippen LogP contribution in [0.1, 0.15) is 51.8 Å². The lowest BCUT2D eigenvalue weighted by Crippen LogP contribution is -2.31. The summed E-state index contributed by atoms with van der Waals surface area (Å²) in [6.07, 6.45) is 9.03. The zero-order valence-corrected chi connectivity index (χ0v) is 17.9. The van der Waals surface area contributed by atoms with Gasteiger partial charge in [-0.2, -0.15) is 5.10 Å². The predicted octanol–water partition coefficient (Wildman–Crippen LogP) is 4.50. The van der Waals surface area contributed by atoms with Crippen LogP contribution in [0.5, 0.6) is 0 Å². The summed E-state index contributed by atoms with van der Waals surface area (Å²) in [6.45, 7) is 5.05. The van der Waals surface area contributed by atoms with E-state index in [2.05, 4.69) is 26.6 Å². The third kappa shape index (κ3) is 4.24. The van der Waals surface area contributed by atoms with Gasteiger partial charge in [0.25, 0.3) is 5.91 Å². The molecule has 3 heterocycles. The summed E-state index contributed by atoms with van der Waals surface area (Å²) in [5.74, 6) is 0.641. The number of hydrogen-bond acceptors (Lipinski definition) is 3. The van der Waals surface area contributed by atoms with E-state index in [-0.39, 0.29) is 11.9 Å². The second kappa shape index (κ2) is 8.02. The molecular weight excluding hydrogens is 386 g/mol. The van der Waals surface area contributed by atoms with Gasteiger partial charge in [-0.3, -0.25) is 14.5 Å². The number of aromatic amines is 1. The van der Waals surface area contributed by atoms with Crippen molar-refractivity contribution in [2.24, 2.45) is 5.92 Å². The fraction of sp³-hybridized carbons (Fsp3) is 0.320. The molecule has 158 valence electrons. The van der Waals surface area contributed by atoms with Gasteiger partial charge < -0.3 is 10.3 Å². The van der Waals surface area contributed by atoms with Crippen LogP contribution in [-0.4, -0.2) is 25.7 Å². The molecule has 1 unspecified atom stereocenters. The lowest BCUT2D eigenvalue weighted by atomic mass is 10.0. The molecule has 1 aliphatic rings. The molecule has 0 aliphatic heterocycles. The molecule has 6 nitrogen and oxygen atoms in total. The maximum absolute atomic E-state index is 13.2. The van der Waals surface area contributed by atoms with Gasteiger partial charge >= 0.3 is 0 Å². The molecule has 5 rings (SSSR count). The van der Waals surface area contributed by atoms with Gasteiger partial charge in [0.2, 0.25) is 0 Å². The molecule has 6 heteroatoms. The summed E-state index contributed by atoms with van der Waals surface area (Å²) in [6, 6.07) is 11.7. The Morgan fingerprint density at radius 3 is 2.84 bits per heavy atom. The molecule has 4 aromatic rings. The molecular formula is C25H27N5O. The minimum atomic E-state index is -0.236. The van der Waals surface area contributed by atoms with E-state index in [9.17, 15) is 4.79 Å². The Kier molecular flexibility index (Phi) is 5.06. The molecule has 2 N–H and O–H groups in total. The monoisotopic (exact) mass is 413 g/mol. The number of aryl methyl sites for hydroxylation is 2. The first kappa shape index (κ1) is 19.5. The highest BCUT2D eigenvalue weighted by Gasteiger charge is 2.24. The average molecular weight is 414 g/mol. The smallest absolute Gasteiger partial charge is 0.268 e. The molecule has 1 atom stereocenters. The minimum absolute atomic E-state index is 0.129. The third-order valence-electron chi connectivity index (χ3n) is 6.06. The number of pyridine rings is 1. The van der Waals surface area contributed by atoms with Gasteiger partial charge in [0.1, 0.15) is 5.69 Å². The highest BCUT2D eigenvalue weighted by Crippen LogP contribution is 2.30. The number of aromatic nitrogens is 4. The maximum atomic E-state index is 13.2. The lowest BCUT2D eigenvalue weighted by molar-refractivity contribution is 0.0931. The molecule has 0 saturated heterocycles. The molecule has 1 aromatic carbocycles. The van der Waals surface area contributed by atoms with Crippen LogP contribution in [0.25, 0.3) is 10.9 Å². The molecule has 1 amide bonds. The van der Waals surface area contributed by atoms with Crippen LogP contribution in [0, 0.1) is 19.8 Å². The summed E-state index contributed by atoms with van der Waals surface area (Å²) in [4.78, 5) is 21.1. The van der Waals surface area contributed by atoms with Crippen molar-refractivity contribution >= 4 is 16.8 Å². The van der Waals surface area contributed by atoms with E-state index in [0.29, 0.717) is 12.1 Å². The van der Waals surface area contributed by atoms with Gasteiger partial charge in [-0.05, 0) is 61.4 Å². The molecule has 31 heavy (non-hydrogen) atoms. The fourth-order valence-electron chi connectivity index (χ4n) is 4.16. The first-order chi connectivity index (χ1) is 15.1. The Hall–Kier alpha value is -3.41. The van der Waals surface area contributed by atoms with E-state index in [1.54, 1.807) is 6.20 Å².